The minimum Gasteiger partial charge on any atom is -0.477 e. The molecule has 1 amide bonds. The van der Waals surface area contributed by atoms with Crippen LogP contribution in [0.1, 0.15) is 24.2 Å². The Hall–Kier alpha value is -2.31. The van der Waals surface area contributed by atoms with Gasteiger partial charge in [0.2, 0.25) is 5.88 Å². The molecule has 0 unspecified atom stereocenters. The summed E-state index contributed by atoms with van der Waals surface area (Å²) in [4.78, 5) is 28.5. The molecule has 2 rings (SSSR count). The highest BCUT2D eigenvalue weighted by molar-refractivity contribution is 6.35. The van der Waals surface area contributed by atoms with Crippen LogP contribution in [0.15, 0.2) is 36.5 Å². The van der Waals surface area contributed by atoms with E-state index in [1.54, 1.807) is 25.1 Å². The lowest BCUT2D eigenvalue weighted by Crippen LogP contribution is -2.30. The van der Waals surface area contributed by atoms with Crippen molar-refractivity contribution < 1.29 is 19.1 Å². The van der Waals surface area contributed by atoms with Crippen LogP contribution in [0.25, 0.3) is 0 Å². The van der Waals surface area contributed by atoms with Gasteiger partial charge >= 0.3 is 5.97 Å². The average molecular weight is 383 g/mol. The fourth-order valence-electron chi connectivity index (χ4n) is 1.90. The molecule has 8 heteroatoms. The van der Waals surface area contributed by atoms with Crippen LogP contribution in [0.5, 0.6) is 5.88 Å². The molecule has 1 aromatic heterocycles. The van der Waals surface area contributed by atoms with Gasteiger partial charge in [-0.15, -0.1) is 0 Å². The highest BCUT2D eigenvalue weighted by Crippen LogP contribution is 2.25. The van der Waals surface area contributed by atoms with Gasteiger partial charge in [-0.25, -0.2) is 9.78 Å². The zero-order valence-corrected chi connectivity index (χ0v) is 15.1. The predicted molar refractivity (Wildman–Crippen MR) is 95.4 cm³/mol. The van der Waals surface area contributed by atoms with Gasteiger partial charge in [-0.1, -0.05) is 23.2 Å². The van der Waals surface area contributed by atoms with Crippen molar-refractivity contribution in [2.24, 2.45) is 0 Å². The van der Waals surface area contributed by atoms with E-state index >= 15 is 0 Å². The number of amides is 1. The minimum absolute atomic E-state index is 0.143. The first-order valence-corrected chi connectivity index (χ1v) is 8.22. The molecule has 2 aromatic rings. The molecule has 0 aliphatic rings. The molecule has 0 radical (unpaired) electrons. The molecule has 0 spiro atoms. The number of benzene rings is 1. The molecule has 0 saturated heterocycles. The largest absolute Gasteiger partial charge is 0.477 e. The molecule has 1 aromatic carbocycles. The third kappa shape index (κ3) is 5.08. The number of esters is 1. The van der Waals surface area contributed by atoms with Gasteiger partial charge in [0.05, 0.1) is 17.3 Å². The lowest BCUT2D eigenvalue weighted by Gasteiger charge is -2.15. The van der Waals surface area contributed by atoms with Gasteiger partial charge in [0.15, 0.2) is 6.10 Å². The van der Waals surface area contributed by atoms with Crippen LogP contribution in [0, 0.1) is 0 Å². The topological polar surface area (TPSA) is 77.5 Å². The third-order valence-corrected chi connectivity index (χ3v) is 3.68. The van der Waals surface area contributed by atoms with Crippen molar-refractivity contribution in [1.29, 1.82) is 0 Å². The monoisotopic (exact) mass is 382 g/mol. The number of anilines is 1. The lowest BCUT2D eigenvalue weighted by atomic mass is 10.2. The number of nitrogens with zero attached hydrogens (tertiary/aromatic N) is 1. The standard InChI is InChI=1S/C17H16Cl2N2O4/c1-3-24-16-12(5-4-8-20-16)17(23)25-10(2)15(22)21-14-9-11(18)6-7-13(14)19/h4-10H,3H2,1-2H3,(H,21,22)/t10-/m1/s1. The maximum absolute atomic E-state index is 12.3. The summed E-state index contributed by atoms with van der Waals surface area (Å²) >= 11 is 11.9. The number of nitrogens with one attached hydrogen (secondary N) is 1. The number of aromatic nitrogens is 1. The first-order valence-electron chi connectivity index (χ1n) is 7.47. The van der Waals surface area contributed by atoms with Crippen LogP contribution in [0.2, 0.25) is 10.0 Å². The molecule has 0 aliphatic heterocycles. The quantitative estimate of drug-likeness (QED) is 0.764. The second-order valence-corrected chi connectivity index (χ2v) is 5.79. The Bertz CT molecular complexity index is 783. The van der Waals surface area contributed by atoms with Crippen molar-refractivity contribution in [3.63, 3.8) is 0 Å². The Morgan fingerprint density at radius 1 is 1.28 bits per heavy atom. The van der Waals surface area contributed by atoms with E-state index in [0.717, 1.165) is 0 Å². The fourth-order valence-corrected chi connectivity index (χ4v) is 2.24. The van der Waals surface area contributed by atoms with E-state index < -0.39 is 18.0 Å². The Kier molecular flexibility index (Phi) is 6.61. The molecular formula is C17H16Cl2N2O4. The number of carbonyl (C=O) groups is 2. The van der Waals surface area contributed by atoms with Crippen molar-refractivity contribution in [2.75, 3.05) is 11.9 Å². The van der Waals surface area contributed by atoms with Crippen LogP contribution >= 0.6 is 23.2 Å². The van der Waals surface area contributed by atoms with E-state index in [1.807, 2.05) is 0 Å². The Labute approximate surface area is 155 Å². The maximum Gasteiger partial charge on any atom is 0.344 e. The summed E-state index contributed by atoms with van der Waals surface area (Å²) in [6.45, 7) is 3.57. The Morgan fingerprint density at radius 2 is 2.04 bits per heavy atom. The van der Waals surface area contributed by atoms with E-state index in [0.29, 0.717) is 22.3 Å². The summed E-state index contributed by atoms with van der Waals surface area (Å²) in [6, 6.07) is 7.75. The van der Waals surface area contributed by atoms with Crippen molar-refractivity contribution in [2.45, 2.75) is 20.0 Å². The van der Waals surface area contributed by atoms with Gasteiger partial charge in [0, 0.05) is 11.2 Å². The smallest absolute Gasteiger partial charge is 0.344 e. The van der Waals surface area contributed by atoms with Crippen molar-refractivity contribution >= 4 is 40.8 Å². The summed E-state index contributed by atoms with van der Waals surface area (Å²) in [5.41, 5.74) is 0.475. The van der Waals surface area contributed by atoms with Crippen LogP contribution in [-0.4, -0.2) is 29.6 Å². The highest BCUT2D eigenvalue weighted by atomic mass is 35.5. The first-order chi connectivity index (χ1) is 11.9. The van der Waals surface area contributed by atoms with Crippen LogP contribution in [0.4, 0.5) is 5.69 Å². The maximum atomic E-state index is 12.3. The van der Waals surface area contributed by atoms with E-state index in [2.05, 4.69) is 10.3 Å². The second-order valence-electron chi connectivity index (χ2n) is 4.95. The van der Waals surface area contributed by atoms with E-state index in [-0.39, 0.29) is 11.4 Å². The normalized spacial score (nSPS) is 11.5. The average Bonchev–Trinajstić information content (AvgIpc) is 2.58. The van der Waals surface area contributed by atoms with E-state index in [4.69, 9.17) is 32.7 Å². The van der Waals surface area contributed by atoms with Crippen molar-refractivity contribution in [1.82, 2.24) is 4.98 Å². The number of rotatable bonds is 6. The molecule has 0 bridgehead atoms. The highest BCUT2D eigenvalue weighted by Gasteiger charge is 2.22. The predicted octanol–water partition coefficient (Wildman–Crippen LogP) is 3.97. The molecule has 0 saturated carbocycles. The lowest BCUT2D eigenvalue weighted by molar-refractivity contribution is -0.123. The zero-order valence-electron chi connectivity index (χ0n) is 13.6. The number of pyridine rings is 1. The number of hydrogen-bond donors (Lipinski definition) is 1. The SMILES string of the molecule is CCOc1ncccc1C(=O)O[C@H](C)C(=O)Nc1cc(Cl)ccc1Cl. The third-order valence-electron chi connectivity index (χ3n) is 3.11. The van der Waals surface area contributed by atoms with Gasteiger partial charge in [-0.2, -0.15) is 0 Å². The van der Waals surface area contributed by atoms with Gasteiger partial charge in [-0.3, -0.25) is 4.79 Å². The number of hydrogen-bond acceptors (Lipinski definition) is 5. The zero-order chi connectivity index (χ0) is 18.4. The van der Waals surface area contributed by atoms with Crippen LogP contribution < -0.4 is 10.1 Å². The van der Waals surface area contributed by atoms with Crippen LogP contribution in [0.3, 0.4) is 0 Å². The van der Waals surface area contributed by atoms with Gasteiger partial charge < -0.3 is 14.8 Å². The van der Waals surface area contributed by atoms with Gasteiger partial charge in [-0.05, 0) is 44.2 Å². The molecule has 1 atom stereocenters. The summed E-state index contributed by atoms with van der Waals surface area (Å²) in [5.74, 6) is -1.10. The van der Waals surface area contributed by atoms with Crippen molar-refractivity contribution in [3.8, 4) is 5.88 Å². The number of ether oxygens (including phenoxy) is 2. The summed E-state index contributed by atoms with van der Waals surface area (Å²) < 4.78 is 10.5. The molecule has 6 nitrogen and oxygen atoms in total. The Balaban J connectivity index is 2.06. The molecule has 25 heavy (non-hydrogen) atoms. The number of halogens is 2. The second kappa shape index (κ2) is 8.69. The molecular weight excluding hydrogens is 367 g/mol. The van der Waals surface area contributed by atoms with Crippen LogP contribution in [-0.2, 0) is 9.53 Å². The minimum atomic E-state index is -1.06. The van der Waals surface area contributed by atoms with E-state index in [9.17, 15) is 9.59 Å². The molecule has 0 fully saturated rings. The van der Waals surface area contributed by atoms with Gasteiger partial charge in [0.25, 0.3) is 5.91 Å². The summed E-state index contributed by atoms with van der Waals surface area (Å²) in [6.07, 6.45) is 0.441. The molecule has 1 heterocycles. The van der Waals surface area contributed by atoms with Crippen molar-refractivity contribution in [3.05, 3.63) is 52.1 Å². The summed E-state index contributed by atoms with van der Waals surface area (Å²) in [5, 5.41) is 3.31. The molecule has 132 valence electrons. The Morgan fingerprint density at radius 3 is 2.76 bits per heavy atom. The van der Waals surface area contributed by atoms with Gasteiger partial charge in [0.1, 0.15) is 5.56 Å². The fraction of sp³-hybridized carbons (Fsp3) is 0.235. The first kappa shape index (κ1) is 19.0. The summed E-state index contributed by atoms with van der Waals surface area (Å²) in [7, 11) is 0. The number of carbonyl (C=O) groups excluding carboxylic acids is 2. The van der Waals surface area contributed by atoms with E-state index in [1.165, 1.54) is 25.3 Å². The molecule has 1 N–H and O–H groups in total. The molecule has 0 aliphatic carbocycles.